The molecule has 0 unspecified atom stereocenters. The zero-order valence-corrected chi connectivity index (χ0v) is 40.7. The largest absolute Gasteiger partial charge is 0.489 e. The van der Waals surface area contributed by atoms with E-state index in [4.69, 9.17) is 28.4 Å². The van der Waals surface area contributed by atoms with Crippen molar-refractivity contribution in [2.24, 2.45) is 0 Å². The van der Waals surface area contributed by atoms with Gasteiger partial charge in [-0.25, -0.2) is 14.4 Å². The summed E-state index contributed by atoms with van der Waals surface area (Å²) < 4.78 is 36.4. The van der Waals surface area contributed by atoms with E-state index < -0.39 is 41.9 Å². The average molecular weight is 1000 g/mol. The molecule has 1 aliphatic heterocycles. The minimum atomic E-state index is -1.07. The van der Waals surface area contributed by atoms with E-state index in [9.17, 15) is 19.2 Å². The number of rotatable bonds is 20. The van der Waals surface area contributed by atoms with Crippen molar-refractivity contribution in [3.63, 3.8) is 0 Å². The average Bonchev–Trinajstić information content (AvgIpc) is 3.86. The van der Waals surface area contributed by atoms with Crippen LogP contribution in [0.2, 0.25) is 0 Å². The third-order valence-electron chi connectivity index (χ3n) is 12.3. The van der Waals surface area contributed by atoms with Crippen LogP contribution >= 0.6 is 0 Å². The molecule has 0 radical (unpaired) electrons. The summed E-state index contributed by atoms with van der Waals surface area (Å²) in [5.41, 5.74) is 4.27. The molecule has 0 spiro atoms. The quantitative estimate of drug-likeness (QED) is 0.0440. The van der Waals surface area contributed by atoms with Crippen molar-refractivity contribution in [1.29, 1.82) is 0 Å². The fraction of sp³-hybridized carbons (Fsp3) is 0.145. The van der Waals surface area contributed by atoms with Gasteiger partial charge in [0.15, 0.2) is 0 Å². The Hall–Kier alpha value is -9.49. The van der Waals surface area contributed by atoms with Gasteiger partial charge in [0.1, 0.15) is 62.0 Å². The molecule has 8 aromatic carbocycles. The Morgan fingerprint density at radius 3 is 1.39 bits per heavy atom. The van der Waals surface area contributed by atoms with Gasteiger partial charge in [0.05, 0.1) is 23.7 Å². The summed E-state index contributed by atoms with van der Waals surface area (Å²) in [6.07, 6.45) is -1.74. The Morgan fingerprint density at radius 2 is 0.880 bits per heavy atom. The highest BCUT2D eigenvalue weighted by Gasteiger charge is 2.40. The first-order valence-corrected chi connectivity index (χ1v) is 24.3. The molecule has 1 aliphatic rings. The number of hydrogen-bond donors (Lipinski definition) is 1. The van der Waals surface area contributed by atoms with Crippen molar-refractivity contribution in [2.75, 3.05) is 13.1 Å². The summed E-state index contributed by atoms with van der Waals surface area (Å²) in [7, 11) is 0. The van der Waals surface area contributed by atoms with E-state index in [0.717, 1.165) is 27.8 Å². The van der Waals surface area contributed by atoms with Gasteiger partial charge in [0.25, 0.3) is 5.91 Å². The first-order chi connectivity index (χ1) is 36.7. The highest BCUT2D eigenvalue weighted by Crippen LogP contribution is 2.36. The maximum Gasteiger partial charge on any atom is 0.410 e. The van der Waals surface area contributed by atoms with Crippen molar-refractivity contribution in [3.05, 3.63) is 268 Å². The SMILES string of the molecule is O=C(N[C@@H]1CN(C(=O)OCc2ccccc2)C[C@H]1OC(=O)c1cc(OCc2ccccc2)c(C(=O)c2ccccc2C(=O)OCc2ccccc2)c(OCc2ccccc2)c1)c1ccc(OCc2ccccc2)cc1. The minimum Gasteiger partial charge on any atom is -0.489 e. The molecule has 1 fully saturated rings. The maximum atomic E-state index is 15.1. The second kappa shape index (κ2) is 24.8. The molecule has 0 aromatic heterocycles. The Labute approximate surface area is 434 Å². The lowest BCUT2D eigenvalue weighted by Crippen LogP contribution is -2.44. The maximum absolute atomic E-state index is 15.1. The molecule has 9 rings (SSSR count). The molecule has 1 heterocycles. The van der Waals surface area contributed by atoms with E-state index in [1.807, 2.05) is 152 Å². The lowest BCUT2D eigenvalue weighted by molar-refractivity contribution is 0.0259. The number of carbonyl (C=O) groups excluding carboxylic acids is 5. The van der Waals surface area contributed by atoms with Crippen molar-refractivity contribution in [3.8, 4) is 17.2 Å². The van der Waals surface area contributed by atoms with Crippen molar-refractivity contribution in [1.82, 2.24) is 10.2 Å². The van der Waals surface area contributed by atoms with Crippen LogP contribution in [0.1, 0.15) is 74.8 Å². The zero-order chi connectivity index (χ0) is 51.8. The van der Waals surface area contributed by atoms with Crippen LogP contribution in [-0.4, -0.2) is 59.9 Å². The van der Waals surface area contributed by atoms with Crippen molar-refractivity contribution >= 4 is 29.7 Å². The smallest absolute Gasteiger partial charge is 0.410 e. The van der Waals surface area contributed by atoms with Gasteiger partial charge < -0.3 is 38.6 Å². The minimum absolute atomic E-state index is 0.00171. The summed E-state index contributed by atoms with van der Waals surface area (Å²) in [4.78, 5) is 72.4. The van der Waals surface area contributed by atoms with Crippen molar-refractivity contribution < 1.29 is 52.4 Å². The van der Waals surface area contributed by atoms with E-state index in [1.54, 1.807) is 36.4 Å². The van der Waals surface area contributed by atoms with Crippen LogP contribution in [0.15, 0.2) is 212 Å². The van der Waals surface area contributed by atoms with Crippen LogP contribution in [-0.2, 0) is 47.2 Å². The number of benzene rings is 8. The normalized spacial score (nSPS) is 13.7. The molecule has 0 saturated carbocycles. The summed E-state index contributed by atoms with van der Waals surface area (Å²) in [6.45, 7) is 0.111. The van der Waals surface area contributed by atoms with Crippen LogP contribution in [0.4, 0.5) is 4.79 Å². The van der Waals surface area contributed by atoms with Gasteiger partial charge in [0.2, 0.25) is 5.78 Å². The molecule has 13 nitrogen and oxygen atoms in total. The summed E-state index contributed by atoms with van der Waals surface area (Å²) in [6, 6.07) is 61.4. The zero-order valence-electron chi connectivity index (χ0n) is 40.7. The Kier molecular flexibility index (Phi) is 16.7. The molecule has 376 valence electrons. The predicted octanol–water partition coefficient (Wildman–Crippen LogP) is 11.0. The molecule has 0 aliphatic carbocycles. The predicted molar refractivity (Wildman–Crippen MR) is 279 cm³/mol. The number of likely N-dealkylation sites (tertiary alicyclic amines) is 1. The molecule has 75 heavy (non-hydrogen) atoms. The first kappa shape index (κ1) is 50.5. The summed E-state index contributed by atoms with van der Waals surface area (Å²) >= 11 is 0. The van der Waals surface area contributed by atoms with Gasteiger partial charge in [0, 0.05) is 17.7 Å². The molecule has 2 amide bonds. The monoisotopic (exact) mass is 1000 g/mol. The summed E-state index contributed by atoms with van der Waals surface area (Å²) in [5.74, 6) is -2.20. The molecule has 1 saturated heterocycles. The van der Waals surface area contributed by atoms with Gasteiger partial charge in [-0.05, 0) is 70.3 Å². The number of ketones is 1. The molecule has 1 N–H and O–H groups in total. The second-order valence-electron chi connectivity index (χ2n) is 17.6. The number of nitrogens with zero attached hydrogens (tertiary/aromatic N) is 1. The van der Waals surface area contributed by atoms with E-state index in [0.29, 0.717) is 17.9 Å². The number of ether oxygens (including phenoxy) is 6. The van der Waals surface area contributed by atoms with Gasteiger partial charge >= 0.3 is 18.0 Å². The number of carbonyl (C=O) groups is 5. The van der Waals surface area contributed by atoms with Crippen LogP contribution < -0.4 is 19.5 Å². The highest BCUT2D eigenvalue weighted by molar-refractivity contribution is 6.17. The van der Waals surface area contributed by atoms with Crippen LogP contribution in [0.5, 0.6) is 17.2 Å². The number of esters is 2. The van der Waals surface area contributed by atoms with Gasteiger partial charge in [-0.15, -0.1) is 0 Å². The summed E-state index contributed by atoms with van der Waals surface area (Å²) in [5, 5.41) is 2.97. The highest BCUT2D eigenvalue weighted by atomic mass is 16.6. The van der Waals surface area contributed by atoms with Crippen molar-refractivity contribution in [2.45, 2.75) is 45.2 Å². The third-order valence-corrected chi connectivity index (χ3v) is 12.3. The van der Waals surface area contributed by atoms with Gasteiger partial charge in [-0.1, -0.05) is 170 Å². The molecular formula is C62H52N2O11. The Balaban J connectivity index is 1.02. The lowest BCUT2D eigenvalue weighted by atomic mass is 9.95. The first-order valence-electron chi connectivity index (χ1n) is 24.3. The van der Waals surface area contributed by atoms with E-state index in [2.05, 4.69) is 5.32 Å². The van der Waals surface area contributed by atoms with Crippen LogP contribution in [0.25, 0.3) is 0 Å². The second-order valence-corrected chi connectivity index (χ2v) is 17.6. The molecule has 0 bridgehead atoms. The molecule has 8 aromatic rings. The molecule has 13 heteroatoms. The fourth-order valence-corrected chi connectivity index (χ4v) is 8.32. The van der Waals surface area contributed by atoms with Crippen LogP contribution in [0, 0.1) is 0 Å². The van der Waals surface area contributed by atoms with E-state index in [-0.39, 0.29) is 73.3 Å². The number of amides is 2. The third kappa shape index (κ3) is 13.5. The van der Waals surface area contributed by atoms with Crippen LogP contribution in [0.3, 0.4) is 0 Å². The van der Waals surface area contributed by atoms with Gasteiger partial charge in [-0.2, -0.15) is 0 Å². The topological polar surface area (TPSA) is 156 Å². The number of hydrogen-bond acceptors (Lipinski definition) is 11. The van der Waals surface area contributed by atoms with E-state index >= 15 is 4.79 Å². The Morgan fingerprint density at radius 1 is 0.440 bits per heavy atom. The van der Waals surface area contributed by atoms with Gasteiger partial charge in [-0.3, -0.25) is 9.59 Å². The number of nitrogens with one attached hydrogen (secondary N) is 1. The fourth-order valence-electron chi connectivity index (χ4n) is 8.32. The molecule has 2 atom stereocenters. The van der Waals surface area contributed by atoms with E-state index in [1.165, 1.54) is 29.2 Å². The Bertz CT molecular complexity index is 3150. The lowest BCUT2D eigenvalue weighted by Gasteiger charge is -2.21. The standard InChI is InChI=1S/C62H52N2O11/c65-58(51-28-16-17-29-52(51)61(68)73-41-46-24-12-4-13-25-46)57-54(71-39-44-20-8-2-9-21-44)34-49(35-55(57)72-40-45-22-10-3-11-23-45)60(67)75-56-37-64(62(69)74-42-47-26-14-5-15-27-47)36-53(56)63-59(66)48-30-32-50(33-31-48)70-38-43-18-6-1-7-19-43/h1-35,53,56H,36-42H2,(H,63,66)/t53-,56-/m1/s1. The molecular weight excluding hydrogens is 949 g/mol.